The fourth-order valence-corrected chi connectivity index (χ4v) is 6.01. The Hall–Kier alpha value is -1.87. The van der Waals surface area contributed by atoms with Crippen LogP contribution in [0.25, 0.3) is 0 Å². The van der Waals surface area contributed by atoms with Gasteiger partial charge in [-0.2, -0.15) is 0 Å². The number of nitrogens with zero attached hydrogens (tertiary/aromatic N) is 1. The largest absolute Gasteiger partial charge is 0.457 e. The normalized spacial score (nSPS) is 16.1. The molecule has 0 aromatic heterocycles. The van der Waals surface area contributed by atoms with Gasteiger partial charge in [-0.1, -0.05) is 42.1 Å². The SMILES string of the molecule is C=S1CCCN1.CCCl.O=C(Nc1ccc(Oc2cccc(Cl)c2)cc1)c1ccc(N2CCCS2)cc1Cl. The number of nitrogens with one attached hydrogen (secondary N) is 2. The van der Waals surface area contributed by atoms with Crippen LogP contribution in [0.3, 0.4) is 0 Å². The molecule has 2 fully saturated rings. The van der Waals surface area contributed by atoms with E-state index in [4.69, 9.17) is 39.5 Å². The van der Waals surface area contributed by atoms with Crippen LogP contribution in [0, 0.1) is 0 Å². The summed E-state index contributed by atoms with van der Waals surface area (Å²) in [6.07, 6.45) is 2.48. The molecule has 0 saturated carbocycles. The molecule has 5 nitrogen and oxygen atoms in total. The third-order valence-electron chi connectivity index (χ3n) is 5.26. The molecule has 3 aromatic rings. The van der Waals surface area contributed by atoms with Crippen LogP contribution in [0.1, 0.15) is 30.1 Å². The third-order valence-corrected chi connectivity index (χ3v) is 8.37. The van der Waals surface area contributed by atoms with E-state index in [2.05, 4.69) is 20.2 Å². The van der Waals surface area contributed by atoms with Crippen molar-refractivity contribution in [3.8, 4) is 11.5 Å². The van der Waals surface area contributed by atoms with Crippen LogP contribution in [0.5, 0.6) is 11.5 Å². The van der Waals surface area contributed by atoms with Gasteiger partial charge in [0.1, 0.15) is 11.5 Å². The summed E-state index contributed by atoms with van der Waals surface area (Å²) in [7, 11) is 0.327. The van der Waals surface area contributed by atoms with Crippen LogP contribution >= 0.6 is 57.4 Å². The summed E-state index contributed by atoms with van der Waals surface area (Å²) in [6.45, 7) is 4.07. The Kier molecular flexibility index (Phi) is 13.1. The summed E-state index contributed by atoms with van der Waals surface area (Å²) in [5.74, 6) is 8.02. The van der Waals surface area contributed by atoms with Crippen molar-refractivity contribution in [1.29, 1.82) is 0 Å². The van der Waals surface area contributed by atoms with E-state index in [1.807, 2.05) is 31.2 Å². The monoisotopic (exact) mass is 611 g/mol. The van der Waals surface area contributed by atoms with E-state index in [1.54, 1.807) is 54.4 Å². The molecule has 1 amide bonds. The van der Waals surface area contributed by atoms with Crippen molar-refractivity contribution >= 4 is 80.6 Å². The molecule has 204 valence electrons. The molecule has 2 heterocycles. The quantitative estimate of drug-likeness (QED) is 0.171. The van der Waals surface area contributed by atoms with Crippen LogP contribution in [0.15, 0.2) is 66.7 Å². The van der Waals surface area contributed by atoms with E-state index >= 15 is 0 Å². The first-order chi connectivity index (χ1) is 18.4. The lowest BCUT2D eigenvalue weighted by atomic mass is 10.1. The highest BCUT2D eigenvalue weighted by Crippen LogP contribution is 2.32. The maximum absolute atomic E-state index is 12.6. The zero-order valence-corrected chi connectivity index (χ0v) is 25.1. The highest BCUT2D eigenvalue weighted by Gasteiger charge is 2.17. The minimum Gasteiger partial charge on any atom is -0.457 e. The molecule has 0 bridgehead atoms. The molecular weight excluding hydrogens is 581 g/mol. The molecule has 5 rings (SSSR count). The Morgan fingerprint density at radius 3 is 2.42 bits per heavy atom. The second kappa shape index (κ2) is 16.3. The lowest BCUT2D eigenvalue weighted by Gasteiger charge is -2.17. The zero-order chi connectivity index (χ0) is 27.3. The van der Waals surface area contributed by atoms with Gasteiger partial charge >= 0.3 is 0 Å². The van der Waals surface area contributed by atoms with Crippen LogP contribution in [-0.2, 0) is 0 Å². The van der Waals surface area contributed by atoms with Crippen LogP contribution in [0.2, 0.25) is 10.0 Å². The van der Waals surface area contributed by atoms with Crippen molar-refractivity contribution in [1.82, 2.24) is 4.72 Å². The van der Waals surface area contributed by atoms with Crippen molar-refractivity contribution in [2.24, 2.45) is 0 Å². The second-order valence-corrected chi connectivity index (χ2v) is 12.4. The fourth-order valence-electron chi connectivity index (χ4n) is 3.50. The molecule has 3 aromatic carbocycles. The Balaban J connectivity index is 0.000000380. The minimum atomic E-state index is -0.251. The molecule has 0 radical (unpaired) electrons. The summed E-state index contributed by atoms with van der Waals surface area (Å²) >= 11 is 19.1. The van der Waals surface area contributed by atoms with Crippen molar-refractivity contribution in [2.45, 2.75) is 19.8 Å². The van der Waals surface area contributed by atoms with Crippen LogP contribution < -0.4 is 19.1 Å². The average Bonchev–Trinajstić information content (AvgIpc) is 3.60. The molecule has 2 aliphatic rings. The van der Waals surface area contributed by atoms with Crippen molar-refractivity contribution in [3.63, 3.8) is 0 Å². The highest BCUT2D eigenvalue weighted by atomic mass is 35.5. The lowest BCUT2D eigenvalue weighted by Crippen LogP contribution is -2.14. The summed E-state index contributed by atoms with van der Waals surface area (Å²) in [5.41, 5.74) is 2.12. The summed E-state index contributed by atoms with van der Waals surface area (Å²) in [4.78, 5) is 12.6. The number of ether oxygens (including phenoxy) is 1. The molecule has 38 heavy (non-hydrogen) atoms. The van der Waals surface area contributed by atoms with Gasteiger partial charge < -0.3 is 14.4 Å². The zero-order valence-electron chi connectivity index (χ0n) is 21.2. The first kappa shape index (κ1) is 30.7. The first-order valence-electron chi connectivity index (χ1n) is 12.2. The van der Waals surface area contributed by atoms with E-state index < -0.39 is 0 Å². The number of benzene rings is 3. The van der Waals surface area contributed by atoms with E-state index in [1.165, 1.54) is 18.7 Å². The van der Waals surface area contributed by atoms with Gasteiger partial charge in [-0.05, 0) is 85.5 Å². The van der Waals surface area contributed by atoms with E-state index in [0.29, 0.717) is 43.5 Å². The van der Waals surface area contributed by atoms with Gasteiger partial charge in [0.2, 0.25) is 0 Å². The fraction of sp³-hybridized carbons (Fsp3) is 0.286. The van der Waals surface area contributed by atoms with Gasteiger partial charge in [-0.3, -0.25) is 9.52 Å². The molecule has 10 heteroatoms. The molecule has 1 unspecified atom stereocenters. The lowest BCUT2D eigenvalue weighted by molar-refractivity contribution is 0.102. The number of halogens is 3. The van der Waals surface area contributed by atoms with E-state index in [-0.39, 0.29) is 5.91 Å². The van der Waals surface area contributed by atoms with Gasteiger partial charge in [0, 0.05) is 46.9 Å². The number of hydrogen-bond donors (Lipinski definition) is 2. The number of hydrogen-bond acceptors (Lipinski definition) is 5. The Labute approximate surface area is 247 Å². The Morgan fingerprint density at radius 2 is 1.87 bits per heavy atom. The van der Waals surface area contributed by atoms with Gasteiger partial charge in [-0.15, -0.1) is 22.3 Å². The standard InChI is InChI=1S/C22H18Cl2N2O2S.C4H9NS.C2H5Cl/c23-15-3-1-4-19(13-15)28-18-8-5-16(6-9-18)25-22(27)20-10-7-17(14-21(20)24)26-11-2-12-29-26;1-6-4-2-3-5-6;1-2-3/h1,3-10,13-14H,2,11-12H2,(H,25,27);5H,1-4H2;2H2,1H3. The molecular formula is C28H32Cl3N3O2S2. The topological polar surface area (TPSA) is 53.6 Å². The van der Waals surface area contributed by atoms with Crippen molar-refractivity contribution in [2.75, 3.05) is 40.1 Å². The Bertz CT molecular complexity index is 1200. The van der Waals surface area contributed by atoms with E-state index in [9.17, 15) is 4.79 Å². The summed E-state index contributed by atoms with van der Waals surface area (Å²) < 4.78 is 11.2. The number of carbonyl (C=O) groups excluding carboxylic acids is 1. The number of carbonyl (C=O) groups is 1. The molecule has 0 aliphatic carbocycles. The Morgan fingerprint density at radius 1 is 1.11 bits per heavy atom. The molecule has 2 aliphatic heterocycles. The van der Waals surface area contributed by atoms with E-state index in [0.717, 1.165) is 30.3 Å². The third kappa shape index (κ3) is 10.0. The van der Waals surface area contributed by atoms with Gasteiger partial charge in [0.05, 0.1) is 10.6 Å². The highest BCUT2D eigenvalue weighted by molar-refractivity contribution is 8.12. The number of alkyl halides is 1. The van der Waals surface area contributed by atoms with Gasteiger partial charge in [-0.25, -0.2) is 0 Å². The first-order valence-corrected chi connectivity index (χ1v) is 16.0. The maximum atomic E-state index is 12.6. The summed E-state index contributed by atoms with van der Waals surface area (Å²) in [5, 5.41) is 3.92. The smallest absolute Gasteiger partial charge is 0.257 e. The molecule has 2 saturated heterocycles. The predicted molar refractivity (Wildman–Crippen MR) is 170 cm³/mol. The number of anilines is 2. The average molecular weight is 613 g/mol. The molecule has 1 atom stereocenters. The van der Waals surface area contributed by atoms with Gasteiger partial charge in [0.15, 0.2) is 0 Å². The minimum absolute atomic E-state index is 0.251. The van der Waals surface area contributed by atoms with Crippen LogP contribution in [-0.4, -0.2) is 42.3 Å². The molecule has 2 N–H and O–H groups in total. The van der Waals surface area contributed by atoms with Gasteiger partial charge in [0.25, 0.3) is 5.91 Å². The predicted octanol–water partition coefficient (Wildman–Crippen LogP) is 8.74. The summed E-state index contributed by atoms with van der Waals surface area (Å²) in [6, 6.07) is 19.8. The molecule has 0 spiro atoms. The van der Waals surface area contributed by atoms with Crippen LogP contribution in [0.4, 0.5) is 11.4 Å². The van der Waals surface area contributed by atoms with Crippen molar-refractivity contribution < 1.29 is 9.53 Å². The maximum Gasteiger partial charge on any atom is 0.257 e. The number of rotatable bonds is 5. The second-order valence-electron chi connectivity index (χ2n) is 8.20. The number of amides is 1. The van der Waals surface area contributed by atoms with Crippen molar-refractivity contribution in [3.05, 3.63) is 82.3 Å².